The average molecular weight is 286 g/mol. The summed E-state index contributed by atoms with van der Waals surface area (Å²) in [5.41, 5.74) is 2.42. The number of aryl methyl sites for hydroxylation is 1. The van der Waals surface area contributed by atoms with Gasteiger partial charge in [0, 0.05) is 18.3 Å². The maximum absolute atomic E-state index is 13.5. The van der Waals surface area contributed by atoms with E-state index < -0.39 is 0 Å². The van der Waals surface area contributed by atoms with E-state index in [-0.39, 0.29) is 11.7 Å². The van der Waals surface area contributed by atoms with Crippen LogP contribution < -0.4 is 4.90 Å². The number of nitrogens with zero attached hydrogens (tertiary/aromatic N) is 4. The minimum atomic E-state index is -0.323. The van der Waals surface area contributed by atoms with E-state index in [2.05, 4.69) is 10.1 Å². The highest BCUT2D eigenvalue weighted by atomic mass is 19.1. The minimum absolute atomic E-state index is 0.00592. The summed E-state index contributed by atoms with van der Waals surface area (Å²) < 4.78 is 14.8. The number of benzene rings is 1. The molecule has 2 heterocycles. The first-order valence-corrected chi connectivity index (χ1v) is 6.68. The smallest absolute Gasteiger partial charge is 0.240 e. The number of rotatable bonds is 3. The molecule has 2 aromatic heterocycles. The molecular weight excluding hydrogens is 271 g/mol. The maximum atomic E-state index is 13.5. The van der Waals surface area contributed by atoms with Crippen molar-refractivity contribution in [1.29, 1.82) is 0 Å². The Hall–Kier alpha value is -2.63. The standard InChI is InChI=1S/C15H15FN4O/c1-3-19(12-6-4-5-11(16)9-12)14-10(2)18-13-7-8-17-20(13)15(14)21/h4-9,21H,3H2,1-2H3. The van der Waals surface area contributed by atoms with Gasteiger partial charge in [0.05, 0.1) is 11.9 Å². The van der Waals surface area contributed by atoms with E-state index in [1.165, 1.54) is 16.6 Å². The molecule has 0 amide bonds. The number of aromatic hydroxyl groups is 1. The monoisotopic (exact) mass is 286 g/mol. The zero-order chi connectivity index (χ0) is 15.0. The van der Waals surface area contributed by atoms with Crippen molar-refractivity contribution in [2.45, 2.75) is 13.8 Å². The van der Waals surface area contributed by atoms with E-state index in [9.17, 15) is 9.50 Å². The van der Waals surface area contributed by atoms with Crippen LogP contribution in [0.3, 0.4) is 0 Å². The molecule has 21 heavy (non-hydrogen) atoms. The Labute approximate surface area is 121 Å². The van der Waals surface area contributed by atoms with Crippen LogP contribution >= 0.6 is 0 Å². The summed E-state index contributed by atoms with van der Waals surface area (Å²) in [6.45, 7) is 4.30. The second kappa shape index (κ2) is 5.05. The summed E-state index contributed by atoms with van der Waals surface area (Å²) in [5.74, 6) is -0.329. The highest BCUT2D eigenvalue weighted by molar-refractivity contribution is 5.71. The van der Waals surface area contributed by atoms with Crippen LogP contribution in [-0.2, 0) is 0 Å². The topological polar surface area (TPSA) is 53.7 Å². The molecule has 0 aliphatic rings. The van der Waals surface area contributed by atoms with Crippen molar-refractivity contribution in [2.24, 2.45) is 0 Å². The zero-order valence-electron chi connectivity index (χ0n) is 11.8. The van der Waals surface area contributed by atoms with Gasteiger partial charge in [-0.1, -0.05) is 6.07 Å². The first-order valence-electron chi connectivity index (χ1n) is 6.68. The minimum Gasteiger partial charge on any atom is -0.492 e. The van der Waals surface area contributed by atoms with E-state index in [4.69, 9.17) is 0 Å². The van der Waals surface area contributed by atoms with Crippen molar-refractivity contribution in [3.63, 3.8) is 0 Å². The summed E-state index contributed by atoms with van der Waals surface area (Å²) in [6.07, 6.45) is 1.57. The number of halogens is 1. The van der Waals surface area contributed by atoms with Crippen LogP contribution in [0.1, 0.15) is 12.6 Å². The molecule has 0 bridgehead atoms. The molecular formula is C15H15FN4O. The molecule has 3 rings (SSSR count). The lowest BCUT2D eigenvalue weighted by Crippen LogP contribution is -2.19. The van der Waals surface area contributed by atoms with Crippen molar-refractivity contribution in [3.05, 3.63) is 48.0 Å². The molecule has 1 aromatic carbocycles. The van der Waals surface area contributed by atoms with E-state index in [0.717, 1.165) is 0 Å². The summed E-state index contributed by atoms with van der Waals surface area (Å²) >= 11 is 0. The molecule has 0 aliphatic heterocycles. The Morgan fingerprint density at radius 3 is 2.86 bits per heavy atom. The molecule has 0 fully saturated rings. The fraction of sp³-hybridized carbons (Fsp3) is 0.200. The molecule has 1 N–H and O–H groups in total. The SMILES string of the molecule is CCN(c1cccc(F)c1)c1c(C)nc2ccnn2c1O. The van der Waals surface area contributed by atoms with E-state index in [1.54, 1.807) is 24.4 Å². The largest absolute Gasteiger partial charge is 0.492 e. The van der Waals surface area contributed by atoms with Crippen LogP contribution in [0, 0.1) is 12.7 Å². The van der Waals surface area contributed by atoms with Crippen molar-refractivity contribution in [2.75, 3.05) is 11.4 Å². The highest BCUT2D eigenvalue weighted by Crippen LogP contribution is 2.35. The van der Waals surface area contributed by atoms with Crippen molar-refractivity contribution < 1.29 is 9.50 Å². The van der Waals surface area contributed by atoms with Crippen LogP contribution in [0.2, 0.25) is 0 Å². The van der Waals surface area contributed by atoms with Gasteiger partial charge in [-0.25, -0.2) is 9.37 Å². The van der Waals surface area contributed by atoms with E-state index >= 15 is 0 Å². The number of hydrogen-bond acceptors (Lipinski definition) is 4. The Morgan fingerprint density at radius 2 is 2.14 bits per heavy atom. The molecule has 0 radical (unpaired) electrons. The fourth-order valence-electron chi connectivity index (χ4n) is 2.46. The third kappa shape index (κ3) is 2.18. The Kier molecular flexibility index (Phi) is 3.21. The number of anilines is 2. The fourth-order valence-corrected chi connectivity index (χ4v) is 2.46. The third-order valence-electron chi connectivity index (χ3n) is 3.37. The van der Waals surface area contributed by atoms with Crippen molar-refractivity contribution >= 4 is 17.0 Å². The Balaban J connectivity index is 2.21. The van der Waals surface area contributed by atoms with Crippen LogP contribution in [0.25, 0.3) is 5.65 Å². The molecule has 0 unspecified atom stereocenters. The van der Waals surface area contributed by atoms with Crippen LogP contribution in [0.4, 0.5) is 15.8 Å². The van der Waals surface area contributed by atoms with Gasteiger partial charge < -0.3 is 10.0 Å². The van der Waals surface area contributed by atoms with Gasteiger partial charge in [0.1, 0.15) is 11.5 Å². The quantitative estimate of drug-likeness (QED) is 0.804. The zero-order valence-corrected chi connectivity index (χ0v) is 11.8. The predicted molar refractivity (Wildman–Crippen MR) is 78.5 cm³/mol. The first kappa shape index (κ1) is 13.4. The van der Waals surface area contributed by atoms with Crippen molar-refractivity contribution in [1.82, 2.24) is 14.6 Å². The van der Waals surface area contributed by atoms with Gasteiger partial charge in [-0.2, -0.15) is 9.61 Å². The van der Waals surface area contributed by atoms with Gasteiger partial charge in [0.25, 0.3) is 0 Å². The van der Waals surface area contributed by atoms with Crippen LogP contribution in [-0.4, -0.2) is 26.2 Å². The molecule has 0 atom stereocenters. The van der Waals surface area contributed by atoms with Gasteiger partial charge in [0.2, 0.25) is 5.88 Å². The summed E-state index contributed by atoms with van der Waals surface area (Å²) in [4.78, 5) is 6.23. The lowest BCUT2D eigenvalue weighted by Gasteiger charge is -2.25. The molecule has 6 heteroatoms. The normalized spacial score (nSPS) is 11.0. The lowest BCUT2D eigenvalue weighted by molar-refractivity contribution is 0.435. The third-order valence-corrected chi connectivity index (χ3v) is 3.37. The second-order valence-corrected chi connectivity index (χ2v) is 4.69. The second-order valence-electron chi connectivity index (χ2n) is 4.69. The van der Waals surface area contributed by atoms with Gasteiger partial charge in [-0.15, -0.1) is 0 Å². The molecule has 3 aromatic rings. The van der Waals surface area contributed by atoms with E-state index in [1.807, 2.05) is 18.7 Å². The molecule has 0 saturated heterocycles. The Morgan fingerprint density at radius 1 is 1.33 bits per heavy atom. The summed E-state index contributed by atoms with van der Waals surface area (Å²) in [5, 5.41) is 14.5. The summed E-state index contributed by atoms with van der Waals surface area (Å²) in [6, 6.07) is 7.96. The van der Waals surface area contributed by atoms with Crippen LogP contribution in [0.5, 0.6) is 5.88 Å². The molecule has 108 valence electrons. The predicted octanol–water partition coefficient (Wildman–Crippen LogP) is 3.04. The number of hydrogen-bond donors (Lipinski definition) is 1. The van der Waals surface area contributed by atoms with Gasteiger partial charge in [-0.05, 0) is 32.0 Å². The van der Waals surface area contributed by atoms with Crippen LogP contribution in [0.15, 0.2) is 36.5 Å². The van der Waals surface area contributed by atoms with E-state index in [0.29, 0.717) is 29.3 Å². The maximum Gasteiger partial charge on any atom is 0.240 e. The molecule has 0 saturated carbocycles. The lowest BCUT2D eigenvalue weighted by atomic mass is 10.2. The highest BCUT2D eigenvalue weighted by Gasteiger charge is 2.19. The Bertz CT molecular complexity index is 799. The van der Waals surface area contributed by atoms with Gasteiger partial charge >= 0.3 is 0 Å². The number of aromatic nitrogens is 3. The molecule has 0 spiro atoms. The average Bonchev–Trinajstić information content (AvgIpc) is 2.91. The van der Waals surface area contributed by atoms with Gasteiger partial charge in [0.15, 0.2) is 5.65 Å². The summed E-state index contributed by atoms with van der Waals surface area (Å²) in [7, 11) is 0. The van der Waals surface area contributed by atoms with Gasteiger partial charge in [-0.3, -0.25) is 0 Å². The molecule has 0 aliphatic carbocycles. The first-order chi connectivity index (χ1) is 10.1. The molecule has 5 nitrogen and oxygen atoms in total. The number of fused-ring (bicyclic) bond motifs is 1. The van der Waals surface area contributed by atoms with Crippen molar-refractivity contribution in [3.8, 4) is 5.88 Å².